The van der Waals surface area contributed by atoms with Crippen LogP contribution in [0.4, 0.5) is 11.4 Å². The van der Waals surface area contributed by atoms with Crippen LogP contribution < -0.4 is 10.6 Å². The number of nitrogens with one attached hydrogen (secondary N) is 2. The second-order valence-electron chi connectivity index (χ2n) is 10.4. The SMILES string of the molecule is CCC(C)(C)c1ccc(C(=O)Nc2cccc(NC(=O)c3ccc(C(C)(C)CC)cc3O)c2)c(O)c1. The predicted octanol–water partition coefficient (Wildman–Crippen LogP) is 6.98. The van der Waals surface area contributed by atoms with Crippen LogP contribution in [0.1, 0.15) is 86.2 Å². The molecule has 3 rings (SSSR count). The molecular weight excluding hydrogens is 452 g/mol. The predicted molar refractivity (Wildman–Crippen MR) is 145 cm³/mol. The van der Waals surface area contributed by atoms with Gasteiger partial charge in [-0.3, -0.25) is 9.59 Å². The number of rotatable bonds is 8. The minimum Gasteiger partial charge on any atom is -0.507 e. The summed E-state index contributed by atoms with van der Waals surface area (Å²) in [6.07, 6.45) is 1.80. The Balaban J connectivity index is 1.74. The van der Waals surface area contributed by atoms with E-state index >= 15 is 0 Å². The third-order valence-corrected chi connectivity index (χ3v) is 7.19. The molecule has 3 aromatic rings. The van der Waals surface area contributed by atoms with Gasteiger partial charge >= 0.3 is 0 Å². The molecule has 0 aliphatic rings. The fraction of sp³-hybridized carbons (Fsp3) is 0.333. The zero-order valence-corrected chi connectivity index (χ0v) is 21.9. The third-order valence-electron chi connectivity index (χ3n) is 7.19. The van der Waals surface area contributed by atoms with Crippen molar-refractivity contribution in [3.05, 3.63) is 82.9 Å². The quantitative estimate of drug-likeness (QED) is 0.275. The van der Waals surface area contributed by atoms with Gasteiger partial charge in [-0.05, 0) is 77.3 Å². The molecule has 3 aromatic carbocycles. The van der Waals surface area contributed by atoms with Crippen molar-refractivity contribution in [3.63, 3.8) is 0 Å². The van der Waals surface area contributed by atoms with Crippen molar-refractivity contribution in [2.24, 2.45) is 0 Å². The summed E-state index contributed by atoms with van der Waals surface area (Å²) < 4.78 is 0. The fourth-order valence-electron chi connectivity index (χ4n) is 3.77. The van der Waals surface area contributed by atoms with Crippen LogP contribution in [-0.4, -0.2) is 22.0 Å². The van der Waals surface area contributed by atoms with E-state index in [0.717, 1.165) is 24.0 Å². The molecule has 190 valence electrons. The molecule has 0 aliphatic heterocycles. The van der Waals surface area contributed by atoms with Crippen molar-refractivity contribution in [2.75, 3.05) is 10.6 Å². The van der Waals surface area contributed by atoms with Crippen molar-refractivity contribution in [1.82, 2.24) is 0 Å². The zero-order chi connectivity index (χ0) is 26.7. The third kappa shape index (κ3) is 5.88. The topological polar surface area (TPSA) is 98.7 Å². The molecule has 2 amide bonds. The lowest BCUT2D eigenvalue weighted by Gasteiger charge is -2.24. The van der Waals surface area contributed by atoms with Crippen LogP contribution in [0.25, 0.3) is 0 Å². The molecular formula is C30H36N2O4. The smallest absolute Gasteiger partial charge is 0.259 e. The standard InChI is InChI=1S/C30H36N2O4/c1-7-29(3,4)19-12-14-23(25(33)16-19)27(35)31-21-10-9-11-22(18-21)32-28(36)24-15-13-20(17-26(24)34)30(5,6)8-2/h9-18,33-34H,7-8H2,1-6H3,(H,31,35)(H,32,36). The molecule has 0 spiro atoms. The van der Waals surface area contributed by atoms with Gasteiger partial charge in [0.2, 0.25) is 0 Å². The van der Waals surface area contributed by atoms with Gasteiger partial charge in [0.25, 0.3) is 11.8 Å². The molecule has 6 heteroatoms. The molecule has 0 atom stereocenters. The fourth-order valence-corrected chi connectivity index (χ4v) is 3.77. The lowest BCUT2D eigenvalue weighted by atomic mass is 9.82. The Morgan fingerprint density at radius 2 is 1.06 bits per heavy atom. The van der Waals surface area contributed by atoms with E-state index in [0.29, 0.717) is 11.4 Å². The number of aromatic hydroxyl groups is 2. The van der Waals surface area contributed by atoms with E-state index in [2.05, 4.69) is 52.2 Å². The van der Waals surface area contributed by atoms with Gasteiger partial charge in [-0.15, -0.1) is 0 Å². The molecule has 0 aliphatic carbocycles. The summed E-state index contributed by atoms with van der Waals surface area (Å²) in [5.74, 6) is -1.07. The van der Waals surface area contributed by atoms with Gasteiger partial charge < -0.3 is 20.8 Å². The number of carbonyl (C=O) groups excluding carboxylic acids is 2. The van der Waals surface area contributed by atoms with E-state index in [1.807, 2.05) is 12.1 Å². The zero-order valence-electron chi connectivity index (χ0n) is 21.9. The van der Waals surface area contributed by atoms with Crippen molar-refractivity contribution >= 4 is 23.2 Å². The maximum atomic E-state index is 12.8. The van der Waals surface area contributed by atoms with Crippen molar-refractivity contribution < 1.29 is 19.8 Å². The largest absolute Gasteiger partial charge is 0.507 e. The molecule has 4 N–H and O–H groups in total. The summed E-state index contributed by atoms with van der Waals surface area (Å²) in [4.78, 5) is 25.6. The van der Waals surface area contributed by atoms with Crippen molar-refractivity contribution in [3.8, 4) is 11.5 Å². The van der Waals surface area contributed by atoms with E-state index in [1.54, 1.807) is 48.5 Å². The minimum absolute atomic E-state index is 0.0823. The van der Waals surface area contributed by atoms with Crippen LogP contribution in [0.15, 0.2) is 60.7 Å². The van der Waals surface area contributed by atoms with E-state index in [1.165, 1.54) is 0 Å². The van der Waals surface area contributed by atoms with Gasteiger partial charge in [0.1, 0.15) is 11.5 Å². The minimum atomic E-state index is -0.455. The van der Waals surface area contributed by atoms with Gasteiger partial charge in [0.05, 0.1) is 11.1 Å². The van der Waals surface area contributed by atoms with Crippen LogP contribution >= 0.6 is 0 Å². The lowest BCUT2D eigenvalue weighted by Crippen LogP contribution is -2.17. The summed E-state index contributed by atoms with van der Waals surface area (Å²) in [7, 11) is 0. The number of amides is 2. The average Bonchev–Trinajstić information content (AvgIpc) is 2.83. The summed E-state index contributed by atoms with van der Waals surface area (Å²) in [5.41, 5.74) is 2.94. The average molecular weight is 489 g/mol. The number of carbonyl (C=O) groups is 2. The number of anilines is 2. The first-order valence-electron chi connectivity index (χ1n) is 12.3. The van der Waals surface area contributed by atoms with Crippen molar-refractivity contribution in [1.29, 1.82) is 0 Å². The van der Waals surface area contributed by atoms with Crippen molar-refractivity contribution in [2.45, 2.75) is 65.2 Å². The van der Waals surface area contributed by atoms with Gasteiger partial charge in [-0.2, -0.15) is 0 Å². The summed E-state index contributed by atoms with van der Waals surface area (Å²) in [6, 6.07) is 16.9. The highest BCUT2D eigenvalue weighted by molar-refractivity contribution is 6.08. The molecule has 0 bridgehead atoms. The first-order valence-corrected chi connectivity index (χ1v) is 12.3. The van der Waals surface area contributed by atoms with Crippen LogP contribution in [0, 0.1) is 0 Å². The number of phenols is 2. The van der Waals surface area contributed by atoms with Crippen LogP contribution in [0.3, 0.4) is 0 Å². The highest BCUT2D eigenvalue weighted by Gasteiger charge is 2.22. The molecule has 0 saturated heterocycles. The summed E-state index contributed by atoms with van der Waals surface area (Å²) in [5, 5.41) is 26.5. The summed E-state index contributed by atoms with van der Waals surface area (Å²) >= 11 is 0. The molecule has 0 saturated carbocycles. The first kappa shape index (κ1) is 26.8. The van der Waals surface area contributed by atoms with Gasteiger partial charge in [-0.1, -0.05) is 59.7 Å². The monoisotopic (exact) mass is 488 g/mol. The van der Waals surface area contributed by atoms with Gasteiger partial charge in [0.15, 0.2) is 0 Å². The Labute approximate surface area is 213 Å². The highest BCUT2D eigenvalue weighted by atomic mass is 16.3. The van der Waals surface area contributed by atoms with E-state index in [9.17, 15) is 19.8 Å². The highest BCUT2D eigenvalue weighted by Crippen LogP contribution is 2.32. The molecule has 0 heterocycles. The van der Waals surface area contributed by atoms with Gasteiger partial charge in [-0.25, -0.2) is 0 Å². The second-order valence-corrected chi connectivity index (χ2v) is 10.4. The Morgan fingerprint density at radius 1 is 0.667 bits per heavy atom. The van der Waals surface area contributed by atoms with Crippen LogP contribution in [0.2, 0.25) is 0 Å². The molecule has 36 heavy (non-hydrogen) atoms. The number of hydrogen-bond donors (Lipinski definition) is 4. The number of benzene rings is 3. The molecule has 0 aromatic heterocycles. The Bertz CT molecular complexity index is 1180. The molecule has 0 radical (unpaired) electrons. The van der Waals surface area contributed by atoms with Crippen LogP contribution in [-0.2, 0) is 10.8 Å². The van der Waals surface area contributed by atoms with E-state index < -0.39 is 11.8 Å². The van der Waals surface area contributed by atoms with E-state index in [-0.39, 0.29) is 33.5 Å². The molecule has 0 fully saturated rings. The van der Waals surface area contributed by atoms with Gasteiger partial charge in [0, 0.05) is 11.4 Å². The number of phenolic OH excluding ortho intramolecular Hbond substituents is 2. The Morgan fingerprint density at radius 3 is 1.39 bits per heavy atom. The maximum absolute atomic E-state index is 12.8. The first-order chi connectivity index (χ1) is 16.9. The Hall–Kier alpha value is -3.80. The molecule has 0 unspecified atom stereocenters. The molecule has 6 nitrogen and oxygen atoms in total. The van der Waals surface area contributed by atoms with Crippen LogP contribution in [0.5, 0.6) is 11.5 Å². The second kappa shape index (κ2) is 10.4. The number of hydrogen-bond acceptors (Lipinski definition) is 4. The van der Waals surface area contributed by atoms with E-state index in [4.69, 9.17) is 0 Å². The Kier molecular flexibility index (Phi) is 7.77. The normalized spacial score (nSPS) is 11.7. The summed E-state index contributed by atoms with van der Waals surface area (Å²) in [6.45, 7) is 12.5. The lowest BCUT2D eigenvalue weighted by molar-refractivity contribution is 0.101. The maximum Gasteiger partial charge on any atom is 0.259 e.